The molecule has 8 nitrogen and oxygen atoms in total. The van der Waals surface area contributed by atoms with Crippen molar-refractivity contribution in [3.63, 3.8) is 0 Å². The van der Waals surface area contributed by atoms with E-state index in [1.807, 2.05) is 30.3 Å². The van der Waals surface area contributed by atoms with Gasteiger partial charge in [0, 0.05) is 23.2 Å². The Bertz CT molecular complexity index is 1200. The average molecular weight is 427 g/mol. The number of hydrogen-bond acceptors (Lipinski definition) is 5. The molecule has 3 aromatic rings. The summed E-state index contributed by atoms with van der Waals surface area (Å²) >= 11 is 0. The molecule has 156 valence electrons. The van der Waals surface area contributed by atoms with Gasteiger partial charge >= 0.3 is 0 Å². The topological polar surface area (TPSA) is 110 Å². The van der Waals surface area contributed by atoms with Gasteiger partial charge in [0.05, 0.1) is 16.9 Å². The molecule has 0 radical (unpaired) electrons. The van der Waals surface area contributed by atoms with E-state index in [9.17, 15) is 23.3 Å². The Hall–Kier alpha value is -3.46. The van der Waals surface area contributed by atoms with Gasteiger partial charge in [-0.2, -0.15) is 0 Å². The van der Waals surface area contributed by atoms with E-state index in [-0.39, 0.29) is 17.8 Å². The molecular formula is C21H21N3O5S. The molecule has 1 unspecified atom stereocenters. The van der Waals surface area contributed by atoms with Crippen LogP contribution in [0.25, 0.3) is 10.8 Å². The number of nitrogens with zero attached hydrogens (tertiary/aromatic N) is 2. The van der Waals surface area contributed by atoms with Gasteiger partial charge in [-0.3, -0.25) is 19.2 Å². The van der Waals surface area contributed by atoms with Crippen LogP contribution in [0.2, 0.25) is 0 Å². The highest BCUT2D eigenvalue weighted by Gasteiger charge is 2.32. The number of anilines is 2. The minimum atomic E-state index is -3.90. The number of carbonyl (C=O) groups is 1. The van der Waals surface area contributed by atoms with Crippen molar-refractivity contribution in [2.45, 2.75) is 19.4 Å². The van der Waals surface area contributed by atoms with Gasteiger partial charge < -0.3 is 5.32 Å². The second-order valence-corrected chi connectivity index (χ2v) is 8.64. The Labute approximate surface area is 174 Å². The van der Waals surface area contributed by atoms with Crippen LogP contribution in [-0.2, 0) is 14.8 Å². The number of nitrogens with one attached hydrogen (secondary N) is 1. The molecule has 9 heteroatoms. The lowest BCUT2D eigenvalue weighted by Gasteiger charge is -2.30. The zero-order valence-corrected chi connectivity index (χ0v) is 17.3. The minimum Gasteiger partial charge on any atom is -0.324 e. The Morgan fingerprint density at radius 1 is 1.10 bits per heavy atom. The van der Waals surface area contributed by atoms with Gasteiger partial charge in [0.25, 0.3) is 5.69 Å². The molecule has 0 fully saturated rings. The lowest BCUT2D eigenvalue weighted by atomic mass is 10.1. The van der Waals surface area contributed by atoms with Crippen molar-refractivity contribution in [3.05, 3.63) is 76.8 Å². The van der Waals surface area contributed by atoms with Crippen LogP contribution in [0.4, 0.5) is 17.1 Å². The molecule has 0 aromatic heterocycles. The van der Waals surface area contributed by atoms with Crippen LogP contribution in [0.15, 0.2) is 66.7 Å². The monoisotopic (exact) mass is 427 g/mol. The number of sulfonamides is 1. The zero-order chi connectivity index (χ0) is 21.9. The fourth-order valence-electron chi connectivity index (χ4n) is 3.35. The van der Waals surface area contributed by atoms with E-state index in [0.29, 0.717) is 5.69 Å². The van der Waals surface area contributed by atoms with Crippen molar-refractivity contribution in [1.82, 2.24) is 0 Å². The zero-order valence-electron chi connectivity index (χ0n) is 16.5. The lowest BCUT2D eigenvalue weighted by molar-refractivity contribution is -0.384. The summed E-state index contributed by atoms with van der Waals surface area (Å²) in [5, 5.41) is 15.7. The van der Waals surface area contributed by atoms with Crippen molar-refractivity contribution in [1.29, 1.82) is 0 Å². The average Bonchev–Trinajstić information content (AvgIpc) is 2.71. The first-order valence-corrected chi connectivity index (χ1v) is 11.1. The quantitative estimate of drug-likeness (QED) is 0.454. The Morgan fingerprint density at radius 2 is 1.77 bits per heavy atom. The van der Waals surface area contributed by atoms with Crippen molar-refractivity contribution >= 4 is 43.8 Å². The summed E-state index contributed by atoms with van der Waals surface area (Å²) in [6, 6.07) is 17.1. The van der Waals surface area contributed by atoms with Crippen LogP contribution in [0, 0.1) is 10.1 Å². The summed E-state index contributed by atoms with van der Waals surface area (Å²) in [5.74, 6) is -0.522. The Morgan fingerprint density at radius 3 is 2.43 bits per heavy atom. The van der Waals surface area contributed by atoms with E-state index in [4.69, 9.17) is 0 Å². The van der Waals surface area contributed by atoms with Crippen LogP contribution in [0.3, 0.4) is 0 Å². The van der Waals surface area contributed by atoms with Gasteiger partial charge in [-0.25, -0.2) is 8.42 Å². The van der Waals surface area contributed by atoms with Gasteiger partial charge in [-0.15, -0.1) is 0 Å². The summed E-state index contributed by atoms with van der Waals surface area (Å²) in [6.45, 7) is 1.68. The maximum atomic E-state index is 13.1. The number of fused-ring (bicyclic) bond motifs is 1. The van der Waals surface area contributed by atoms with Crippen molar-refractivity contribution in [2.24, 2.45) is 0 Å². The molecule has 30 heavy (non-hydrogen) atoms. The maximum absolute atomic E-state index is 13.1. The normalized spacial score (nSPS) is 12.3. The van der Waals surface area contributed by atoms with Gasteiger partial charge in [-0.1, -0.05) is 49.4 Å². The molecule has 0 saturated heterocycles. The second kappa shape index (κ2) is 8.50. The van der Waals surface area contributed by atoms with Crippen LogP contribution in [0.5, 0.6) is 0 Å². The molecule has 0 aliphatic heterocycles. The molecule has 0 aliphatic carbocycles. The fourth-order valence-corrected chi connectivity index (χ4v) is 4.56. The van der Waals surface area contributed by atoms with E-state index >= 15 is 0 Å². The third-order valence-electron chi connectivity index (χ3n) is 4.67. The molecule has 0 spiro atoms. The molecule has 0 aliphatic rings. The number of non-ortho nitro benzene ring substituents is 1. The van der Waals surface area contributed by atoms with Gasteiger partial charge in [0.1, 0.15) is 6.04 Å². The number of amides is 1. The van der Waals surface area contributed by atoms with Gasteiger partial charge in [0.15, 0.2) is 0 Å². The van der Waals surface area contributed by atoms with Gasteiger partial charge in [0.2, 0.25) is 15.9 Å². The van der Waals surface area contributed by atoms with E-state index in [1.165, 1.54) is 18.2 Å². The van der Waals surface area contributed by atoms with E-state index in [1.54, 1.807) is 19.1 Å². The lowest BCUT2D eigenvalue weighted by Crippen LogP contribution is -2.47. The molecule has 1 N–H and O–H groups in total. The first kappa shape index (κ1) is 21.3. The van der Waals surface area contributed by atoms with Crippen molar-refractivity contribution in [2.75, 3.05) is 15.9 Å². The number of nitro groups is 1. The van der Waals surface area contributed by atoms with E-state index < -0.39 is 26.9 Å². The molecule has 1 amide bonds. The van der Waals surface area contributed by atoms with E-state index in [2.05, 4.69) is 5.32 Å². The van der Waals surface area contributed by atoms with Crippen LogP contribution < -0.4 is 9.62 Å². The molecule has 1 atom stereocenters. The highest BCUT2D eigenvalue weighted by Crippen LogP contribution is 2.28. The van der Waals surface area contributed by atoms with Crippen LogP contribution in [0.1, 0.15) is 13.3 Å². The minimum absolute atomic E-state index is 0.0617. The second-order valence-electron chi connectivity index (χ2n) is 6.78. The largest absolute Gasteiger partial charge is 0.324 e. The standard InChI is InChI=1S/C21H21N3O5S/c1-3-20(21(25)22-19-13-6-9-15-8-4-5-12-18(15)19)23(30(2,28)29)16-10-7-11-17(14-16)24(26)27/h4-14,20H,3H2,1-2H3,(H,22,25). The maximum Gasteiger partial charge on any atom is 0.271 e. The number of rotatable bonds is 7. The summed E-state index contributed by atoms with van der Waals surface area (Å²) in [5.41, 5.74) is 0.362. The summed E-state index contributed by atoms with van der Waals surface area (Å²) in [4.78, 5) is 23.6. The van der Waals surface area contributed by atoms with E-state index in [0.717, 1.165) is 27.4 Å². The van der Waals surface area contributed by atoms with Crippen LogP contribution in [-0.4, -0.2) is 31.5 Å². The summed E-state index contributed by atoms with van der Waals surface area (Å²) in [7, 11) is -3.90. The highest BCUT2D eigenvalue weighted by atomic mass is 32.2. The fraction of sp³-hybridized carbons (Fsp3) is 0.190. The number of nitro benzene ring substituents is 1. The predicted octanol–water partition coefficient (Wildman–Crippen LogP) is 3.93. The molecule has 0 saturated carbocycles. The molecular weight excluding hydrogens is 406 g/mol. The highest BCUT2D eigenvalue weighted by molar-refractivity contribution is 7.92. The smallest absolute Gasteiger partial charge is 0.271 e. The molecule has 3 aromatic carbocycles. The third kappa shape index (κ3) is 4.41. The molecule has 0 heterocycles. The first-order valence-electron chi connectivity index (χ1n) is 9.25. The SMILES string of the molecule is CCC(C(=O)Nc1cccc2ccccc12)N(c1cccc([N+](=O)[O-])c1)S(C)(=O)=O. The van der Waals surface area contributed by atoms with Crippen molar-refractivity contribution < 1.29 is 18.1 Å². The number of carbonyl (C=O) groups excluding carboxylic acids is 1. The first-order chi connectivity index (χ1) is 14.2. The summed E-state index contributed by atoms with van der Waals surface area (Å²) < 4.78 is 26.0. The Kier molecular flexibility index (Phi) is 6.02. The van der Waals surface area contributed by atoms with Crippen molar-refractivity contribution in [3.8, 4) is 0 Å². The third-order valence-corrected chi connectivity index (χ3v) is 5.85. The van der Waals surface area contributed by atoms with Crippen LogP contribution >= 0.6 is 0 Å². The molecule has 0 bridgehead atoms. The number of hydrogen-bond donors (Lipinski definition) is 1. The number of benzene rings is 3. The van der Waals surface area contributed by atoms with Gasteiger partial charge in [-0.05, 0) is 23.9 Å². The Balaban J connectivity index is 2.01. The predicted molar refractivity (Wildman–Crippen MR) is 117 cm³/mol. The summed E-state index contributed by atoms with van der Waals surface area (Å²) in [6.07, 6.45) is 1.14. The molecule has 3 rings (SSSR count).